The Bertz CT molecular complexity index is 535. The smallest absolute Gasteiger partial charge is 0.316 e. The third kappa shape index (κ3) is 2.06. The van der Waals surface area contributed by atoms with Crippen molar-refractivity contribution < 1.29 is 9.68 Å². The molecule has 0 radical (unpaired) electrons. The second kappa shape index (κ2) is 4.78. The van der Waals surface area contributed by atoms with E-state index in [-0.39, 0.29) is 5.41 Å². The van der Waals surface area contributed by atoms with Gasteiger partial charge in [0.1, 0.15) is 5.69 Å². The van der Waals surface area contributed by atoms with Gasteiger partial charge >= 0.3 is 5.17 Å². The fraction of sp³-hybridized carbons (Fsp3) is 0.562. The van der Waals surface area contributed by atoms with Gasteiger partial charge in [0.25, 0.3) is 0 Å². The molecule has 0 bridgehead atoms. The van der Waals surface area contributed by atoms with Crippen molar-refractivity contribution in [3.63, 3.8) is 0 Å². The monoisotopic (exact) mass is 291 g/mol. The van der Waals surface area contributed by atoms with Crippen LogP contribution in [-0.4, -0.2) is 39.4 Å². The maximum Gasteiger partial charge on any atom is 0.316 e. The molecule has 1 N–H and O–H groups in total. The molecule has 3 rings (SSSR count). The van der Waals surface area contributed by atoms with Crippen LogP contribution < -0.4 is 4.90 Å². The third-order valence-corrected chi connectivity index (χ3v) is 5.50. The largest absolute Gasteiger partial charge is 0.350 e. The molecule has 0 aliphatic carbocycles. The van der Waals surface area contributed by atoms with Gasteiger partial charge in [0, 0.05) is 11.2 Å². The Labute approximate surface area is 125 Å². The van der Waals surface area contributed by atoms with Gasteiger partial charge in [-0.15, -0.1) is 0 Å². The van der Waals surface area contributed by atoms with Crippen LogP contribution >= 0.6 is 11.8 Å². The van der Waals surface area contributed by atoms with Crippen LogP contribution in [0.1, 0.15) is 27.2 Å². The van der Waals surface area contributed by atoms with Crippen LogP contribution in [0.25, 0.3) is 0 Å². The first-order valence-electron chi connectivity index (χ1n) is 7.26. The van der Waals surface area contributed by atoms with E-state index in [0.29, 0.717) is 6.54 Å². The molecule has 2 heterocycles. The summed E-state index contributed by atoms with van der Waals surface area (Å²) < 4.78 is 2.22. The number of β-amino-alcohol motifs (C(OH)–C–C–N with tert-alkyl or cyclic N) is 1. The average molecular weight is 291 g/mol. The molecule has 4 heteroatoms. The fourth-order valence-electron chi connectivity index (χ4n) is 2.95. The molecule has 2 aliphatic rings. The Morgan fingerprint density at radius 3 is 2.60 bits per heavy atom. The van der Waals surface area contributed by atoms with Crippen molar-refractivity contribution in [2.24, 2.45) is 5.41 Å². The SMILES string of the molecule is CC(C)(C)C1(O)CN(c2ccccc2)C2=[N+]1CCCS2. The summed E-state index contributed by atoms with van der Waals surface area (Å²) in [6.07, 6.45) is 1.13. The number of para-hydroxylation sites is 1. The van der Waals surface area contributed by atoms with Gasteiger partial charge in [0.05, 0.1) is 6.54 Å². The van der Waals surface area contributed by atoms with Crippen molar-refractivity contribution in [3.8, 4) is 0 Å². The molecule has 0 saturated carbocycles. The van der Waals surface area contributed by atoms with Crippen molar-refractivity contribution in [2.75, 3.05) is 23.7 Å². The van der Waals surface area contributed by atoms with Crippen LogP contribution in [0.4, 0.5) is 5.69 Å². The van der Waals surface area contributed by atoms with Gasteiger partial charge < -0.3 is 5.11 Å². The molecule has 20 heavy (non-hydrogen) atoms. The Morgan fingerprint density at radius 1 is 1.25 bits per heavy atom. The lowest BCUT2D eigenvalue weighted by molar-refractivity contribution is -0.664. The highest BCUT2D eigenvalue weighted by Gasteiger charge is 2.58. The highest BCUT2D eigenvalue weighted by atomic mass is 32.2. The van der Waals surface area contributed by atoms with Crippen LogP contribution in [0.3, 0.4) is 0 Å². The van der Waals surface area contributed by atoms with E-state index in [1.54, 1.807) is 0 Å². The van der Waals surface area contributed by atoms with E-state index in [1.165, 1.54) is 10.9 Å². The van der Waals surface area contributed by atoms with Gasteiger partial charge in [0.15, 0.2) is 6.54 Å². The number of hydrogen-bond donors (Lipinski definition) is 1. The van der Waals surface area contributed by atoms with E-state index in [4.69, 9.17) is 0 Å². The summed E-state index contributed by atoms with van der Waals surface area (Å²) >= 11 is 1.86. The predicted octanol–water partition coefficient (Wildman–Crippen LogP) is 2.75. The molecule has 0 saturated heterocycles. The minimum atomic E-state index is -0.800. The molecule has 3 nitrogen and oxygen atoms in total. The second-order valence-electron chi connectivity index (χ2n) is 6.62. The van der Waals surface area contributed by atoms with E-state index >= 15 is 0 Å². The van der Waals surface area contributed by atoms with Crippen LogP contribution in [0.2, 0.25) is 0 Å². The quantitative estimate of drug-likeness (QED) is 0.806. The molecule has 1 aromatic rings. The lowest BCUT2D eigenvalue weighted by Gasteiger charge is -2.35. The molecule has 1 unspecified atom stereocenters. The van der Waals surface area contributed by atoms with Gasteiger partial charge in [-0.25, -0.2) is 9.48 Å². The molecule has 0 fully saturated rings. The summed E-state index contributed by atoms with van der Waals surface area (Å²) in [5, 5.41) is 12.5. The standard InChI is InChI=1S/C16H23N2OS/c1-15(2,3)16(19)12-17(13-8-5-4-6-9-13)14-18(16)10-7-11-20-14/h4-6,8-9,19H,7,10-12H2,1-3H3/q+1. The first kappa shape index (κ1) is 14.0. The average Bonchev–Trinajstić information content (AvgIpc) is 2.75. The van der Waals surface area contributed by atoms with Crippen LogP contribution in [0.15, 0.2) is 30.3 Å². The number of benzene rings is 1. The Morgan fingerprint density at radius 2 is 1.95 bits per heavy atom. The fourth-order valence-corrected chi connectivity index (χ4v) is 4.13. The number of amidine groups is 1. The molecular weight excluding hydrogens is 268 g/mol. The summed E-state index contributed by atoms with van der Waals surface area (Å²) in [4.78, 5) is 2.27. The molecule has 2 aliphatic heterocycles. The Kier molecular flexibility index (Phi) is 3.33. The van der Waals surface area contributed by atoms with Crippen molar-refractivity contribution in [2.45, 2.75) is 32.9 Å². The van der Waals surface area contributed by atoms with Crippen LogP contribution in [0.5, 0.6) is 0 Å². The van der Waals surface area contributed by atoms with Crippen LogP contribution in [0, 0.1) is 5.41 Å². The normalized spacial score (nSPS) is 26.9. The molecule has 0 amide bonds. The number of thioether (sulfide) groups is 1. The third-order valence-electron chi connectivity index (χ3n) is 4.31. The minimum absolute atomic E-state index is 0.181. The summed E-state index contributed by atoms with van der Waals surface area (Å²) in [6, 6.07) is 10.4. The van der Waals surface area contributed by atoms with E-state index in [2.05, 4.69) is 54.5 Å². The molecular formula is C16H23N2OS+. The zero-order valence-electron chi connectivity index (χ0n) is 12.5. The van der Waals surface area contributed by atoms with Crippen molar-refractivity contribution in [3.05, 3.63) is 30.3 Å². The van der Waals surface area contributed by atoms with E-state index in [1.807, 2.05) is 17.8 Å². The maximum atomic E-state index is 11.3. The van der Waals surface area contributed by atoms with Gasteiger partial charge in [0.2, 0.25) is 5.72 Å². The van der Waals surface area contributed by atoms with E-state index in [0.717, 1.165) is 18.7 Å². The summed E-state index contributed by atoms with van der Waals surface area (Å²) in [5.74, 6) is 1.13. The van der Waals surface area contributed by atoms with Gasteiger partial charge in [-0.2, -0.15) is 0 Å². The second-order valence-corrected chi connectivity index (χ2v) is 7.69. The first-order chi connectivity index (χ1) is 9.43. The Hall–Kier alpha value is -1.000. The van der Waals surface area contributed by atoms with Gasteiger partial charge in [-0.3, -0.25) is 0 Å². The lowest BCUT2D eigenvalue weighted by Crippen LogP contribution is -2.54. The number of nitrogens with zero attached hydrogens (tertiary/aromatic N) is 2. The van der Waals surface area contributed by atoms with E-state index in [9.17, 15) is 5.11 Å². The summed E-state index contributed by atoms with van der Waals surface area (Å²) in [5.41, 5.74) is 0.188. The molecule has 1 aromatic carbocycles. The Balaban J connectivity index is 2.06. The lowest BCUT2D eigenvalue weighted by atomic mass is 9.82. The predicted molar refractivity (Wildman–Crippen MR) is 85.4 cm³/mol. The summed E-state index contributed by atoms with van der Waals surface area (Å²) in [6.45, 7) is 7.96. The first-order valence-corrected chi connectivity index (χ1v) is 8.24. The minimum Gasteiger partial charge on any atom is -0.350 e. The van der Waals surface area contributed by atoms with Crippen LogP contribution in [-0.2, 0) is 0 Å². The highest BCUT2D eigenvalue weighted by Crippen LogP contribution is 2.40. The zero-order chi connectivity index (χ0) is 14.4. The van der Waals surface area contributed by atoms with Crippen molar-refractivity contribution in [1.82, 2.24) is 0 Å². The topological polar surface area (TPSA) is 26.5 Å². The molecule has 0 spiro atoms. The van der Waals surface area contributed by atoms with Crippen molar-refractivity contribution in [1.29, 1.82) is 0 Å². The van der Waals surface area contributed by atoms with E-state index < -0.39 is 5.72 Å². The number of aliphatic hydroxyl groups is 1. The van der Waals surface area contributed by atoms with Gasteiger partial charge in [-0.1, -0.05) is 39.0 Å². The molecule has 108 valence electrons. The maximum absolute atomic E-state index is 11.3. The number of anilines is 1. The summed E-state index contributed by atoms with van der Waals surface area (Å²) in [7, 11) is 0. The highest BCUT2D eigenvalue weighted by molar-refractivity contribution is 8.13. The number of rotatable bonds is 1. The number of hydrogen-bond acceptors (Lipinski definition) is 3. The zero-order valence-corrected chi connectivity index (χ0v) is 13.3. The van der Waals surface area contributed by atoms with Gasteiger partial charge in [-0.05, 0) is 30.3 Å². The molecule has 0 aromatic heterocycles. The van der Waals surface area contributed by atoms with Crippen molar-refractivity contribution >= 4 is 22.6 Å². The molecule has 1 atom stereocenters.